The third kappa shape index (κ3) is 3.36. The average molecular weight is 313 g/mol. The Morgan fingerprint density at radius 2 is 2.22 bits per heavy atom. The predicted molar refractivity (Wildman–Crippen MR) is 85.3 cm³/mol. The molecule has 2 amide bonds. The summed E-state index contributed by atoms with van der Waals surface area (Å²) in [6.07, 6.45) is 6.48. The van der Waals surface area contributed by atoms with Gasteiger partial charge in [0.1, 0.15) is 5.76 Å². The first-order valence-corrected chi connectivity index (χ1v) is 7.59. The molecule has 0 aliphatic carbocycles. The van der Waals surface area contributed by atoms with E-state index in [0.717, 1.165) is 12.2 Å². The Hall–Kier alpha value is -2.76. The quantitative estimate of drug-likeness (QED) is 0.876. The lowest BCUT2D eigenvalue weighted by atomic mass is 10.1. The number of rotatable bonds is 4. The van der Waals surface area contributed by atoms with Crippen molar-refractivity contribution in [3.8, 4) is 0 Å². The third-order valence-electron chi connectivity index (χ3n) is 4.02. The van der Waals surface area contributed by atoms with Crippen molar-refractivity contribution in [2.45, 2.75) is 19.5 Å². The van der Waals surface area contributed by atoms with Gasteiger partial charge in [-0.3, -0.25) is 9.59 Å². The topological polar surface area (TPSA) is 67.5 Å². The summed E-state index contributed by atoms with van der Waals surface area (Å²) in [5, 5.41) is 2.62. The number of fused-ring (bicyclic) bond motifs is 1. The zero-order valence-electron chi connectivity index (χ0n) is 12.9. The van der Waals surface area contributed by atoms with Gasteiger partial charge in [-0.2, -0.15) is 0 Å². The number of amides is 2. The lowest BCUT2D eigenvalue weighted by molar-refractivity contribution is -0.134. The third-order valence-corrected chi connectivity index (χ3v) is 4.02. The van der Waals surface area contributed by atoms with E-state index in [1.807, 2.05) is 25.3 Å². The molecule has 0 radical (unpaired) electrons. The first-order valence-electron chi connectivity index (χ1n) is 7.59. The minimum absolute atomic E-state index is 0.00756. The van der Waals surface area contributed by atoms with Crippen LogP contribution in [0.2, 0.25) is 0 Å². The number of nitrogens with zero attached hydrogens (tertiary/aromatic N) is 2. The second-order valence-corrected chi connectivity index (χ2v) is 5.46. The van der Waals surface area contributed by atoms with Gasteiger partial charge < -0.3 is 19.2 Å². The highest BCUT2D eigenvalue weighted by atomic mass is 16.3. The van der Waals surface area contributed by atoms with E-state index >= 15 is 0 Å². The molecule has 23 heavy (non-hydrogen) atoms. The van der Waals surface area contributed by atoms with Gasteiger partial charge in [0.05, 0.1) is 18.8 Å². The van der Waals surface area contributed by atoms with Crippen LogP contribution in [0.4, 0.5) is 0 Å². The Balaban J connectivity index is 1.53. The highest BCUT2D eigenvalue weighted by Crippen LogP contribution is 2.24. The molecule has 0 saturated heterocycles. The molecule has 1 aliphatic heterocycles. The lowest BCUT2D eigenvalue weighted by Gasteiger charge is -2.35. The van der Waals surface area contributed by atoms with Gasteiger partial charge >= 0.3 is 0 Å². The number of hydrogen-bond donors (Lipinski definition) is 1. The van der Waals surface area contributed by atoms with Crippen molar-refractivity contribution in [2.24, 2.45) is 0 Å². The van der Waals surface area contributed by atoms with E-state index in [1.54, 1.807) is 23.1 Å². The first-order chi connectivity index (χ1) is 11.1. The number of furan rings is 1. The molecule has 6 heteroatoms. The van der Waals surface area contributed by atoms with Crippen molar-refractivity contribution in [3.05, 3.63) is 54.3 Å². The van der Waals surface area contributed by atoms with Gasteiger partial charge in [-0.15, -0.1) is 0 Å². The van der Waals surface area contributed by atoms with Gasteiger partial charge in [0, 0.05) is 31.1 Å². The Kier molecular flexibility index (Phi) is 4.32. The predicted octanol–water partition coefficient (Wildman–Crippen LogP) is 1.81. The van der Waals surface area contributed by atoms with Gasteiger partial charge in [-0.05, 0) is 37.3 Å². The maximum absolute atomic E-state index is 12.3. The summed E-state index contributed by atoms with van der Waals surface area (Å²) in [5.41, 5.74) is 1.12. The van der Waals surface area contributed by atoms with E-state index in [-0.39, 0.29) is 24.4 Å². The van der Waals surface area contributed by atoms with Crippen LogP contribution < -0.4 is 5.32 Å². The number of carbonyl (C=O) groups excluding carboxylic acids is 2. The van der Waals surface area contributed by atoms with Crippen LogP contribution in [0.3, 0.4) is 0 Å². The highest BCUT2D eigenvalue weighted by molar-refractivity contribution is 5.94. The van der Waals surface area contributed by atoms with Crippen LogP contribution in [-0.2, 0) is 16.1 Å². The molecule has 2 aromatic heterocycles. The summed E-state index contributed by atoms with van der Waals surface area (Å²) in [7, 11) is 0. The fourth-order valence-corrected chi connectivity index (χ4v) is 2.79. The van der Waals surface area contributed by atoms with Gasteiger partial charge in [0.15, 0.2) is 0 Å². The summed E-state index contributed by atoms with van der Waals surface area (Å²) in [6.45, 7) is 3.43. The molecule has 1 unspecified atom stereocenters. The standard InChI is InChI=1S/C17H19N3O3/c1-13-15-5-2-8-19(15)9-10-20(13)17(22)12-18-16(21)7-6-14-4-3-11-23-14/h2-8,11,13H,9-10,12H2,1H3,(H,18,21). The van der Waals surface area contributed by atoms with Gasteiger partial charge in [-0.1, -0.05) is 0 Å². The normalized spacial score (nSPS) is 17.3. The molecule has 1 aliphatic rings. The Labute approximate surface area is 134 Å². The van der Waals surface area contributed by atoms with E-state index in [4.69, 9.17) is 4.42 Å². The summed E-state index contributed by atoms with van der Waals surface area (Å²) in [5.74, 6) is 0.198. The number of hydrogen-bond acceptors (Lipinski definition) is 3. The Bertz CT molecular complexity index is 715. The average Bonchev–Trinajstić information content (AvgIpc) is 3.22. The maximum Gasteiger partial charge on any atom is 0.244 e. The molecule has 2 aromatic rings. The van der Waals surface area contributed by atoms with E-state index < -0.39 is 0 Å². The van der Waals surface area contributed by atoms with E-state index in [9.17, 15) is 9.59 Å². The molecule has 0 saturated carbocycles. The lowest BCUT2D eigenvalue weighted by Crippen LogP contribution is -2.45. The summed E-state index contributed by atoms with van der Waals surface area (Å²) < 4.78 is 7.25. The minimum Gasteiger partial charge on any atom is -0.465 e. The van der Waals surface area contributed by atoms with Crippen LogP contribution in [0.15, 0.2) is 47.2 Å². The molecule has 120 valence electrons. The minimum atomic E-state index is -0.317. The molecule has 0 fully saturated rings. The molecule has 1 atom stereocenters. The Morgan fingerprint density at radius 1 is 1.35 bits per heavy atom. The van der Waals surface area contributed by atoms with E-state index in [2.05, 4.69) is 9.88 Å². The second kappa shape index (κ2) is 6.56. The number of aromatic nitrogens is 1. The van der Waals surface area contributed by atoms with E-state index in [1.165, 1.54) is 12.3 Å². The molecule has 1 N–H and O–H groups in total. The van der Waals surface area contributed by atoms with Crippen LogP contribution in [0.25, 0.3) is 6.08 Å². The van der Waals surface area contributed by atoms with E-state index in [0.29, 0.717) is 12.3 Å². The van der Waals surface area contributed by atoms with Crippen LogP contribution in [0, 0.1) is 0 Å². The van der Waals surface area contributed by atoms with Crippen LogP contribution in [-0.4, -0.2) is 34.4 Å². The van der Waals surface area contributed by atoms with Crippen molar-refractivity contribution >= 4 is 17.9 Å². The molecule has 3 rings (SSSR count). The van der Waals surface area contributed by atoms with Crippen LogP contribution in [0.5, 0.6) is 0 Å². The molecular formula is C17H19N3O3. The monoisotopic (exact) mass is 313 g/mol. The summed E-state index contributed by atoms with van der Waals surface area (Å²) >= 11 is 0. The second-order valence-electron chi connectivity index (χ2n) is 5.46. The van der Waals surface area contributed by atoms with Crippen molar-refractivity contribution in [1.82, 2.24) is 14.8 Å². The Morgan fingerprint density at radius 3 is 3.00 bits per heavy atom. The summed E-state index contributed by atoms with van der Waals surface area (Å²) in [6, 6.07) is 7.52. The highest BCUT2D eigenvalue weighted by Gasteiger charge is 2.27. The largest absolute Gasteiger partial charge is 0.465 e. The summed E-state index contributed by atoms with van der Waals surface area (Å²) in [4.78, 5) is 25.9. The van der Waals surface area contributed by atoms with Crippen LogP contribution in [0.1, 0.15) is 24.4 Å². The van der Waals surface area contributed by atoms with Crippen molar-refractivity contribution < 1.29 is 14.0 Å². The van der Waals surface area contributed by atoms with Gasteiger partial charge in [0.25, 0.3) is 0 Å². The van der Waals surface area contributed by atoms with Crippen LogP contribution >= 0.6 is 0 Å². The molecule has 3 heterocycles. The fraction of sp³-hybridized carbons (Fsp3) is 0.294. The van der Waals surface area contributed by atoms with Crippen molar-refractivity contribution in [2.75, 3.05) is 13.1 Å². The fourth-order valence-electron chi connectivity index (χ4n) is 2.79. The molecule has 0 aromatic carbocycles. The zero-order valence-corrected chi connectivity index (χ0v) is 12.9. The SMILES string of the molecule is CC1c2cccn2CCN1C(=O)CNC(=O)C=Cc1ccco1. The number of nitrogens with one attached hydrogen (secondary N) is 1. The maximum atomic E-state index is 12.3. The van der Waals surface area contributed by atoms with Gasteiger partial charge in [0.2, 0.25) is 11.8 Å². The molecule has 0 bridgehead atoms. The smallest absolute Gasteiger partial charge is 0.244 e. The molecule has 0 spiro atoms. The zero-order chi connectivity index (χ0) is 16.2. The van der Waals surface area contributed by atoms with Gasteiger partial charge in [-0.25, -0.2) is 0 Å². The van der Waals surface area contributed by atoms with Crippen molar-refractivity contribution in [3.63, 3.8) is 0 Å². The first kappa shape index (κ1) is 15.1. The molecule has 6 nitrogen and oxygen atoms in total. The number of carbonyl (C=O) groups is 2. The van der Waals surface area contributed by atoms with Crippen molar-refractivity contribution in [1.29, 1.82) is 0 Å². The molecular weight excluding hydrogens is 294 g/mol.